The standard InChI is InChI=1S/C19H26N4/c1-4-20-19-12-17(21-15(3)22-19)18-6-5-11-23(18)13-16-9-7-14(2)8-10-16/h7-10,12,18H,4-6,11,13H2,1-3H3,(H,20,21,22)/t18-/m1/s1. The molecule has 1 aromatic carbocycles. The van der Waals surface area contributed by atoms with E-state index in [9.17, 15) is 0 Å². The molecule has 1 fully saturated rings. The summed E-state index contributed by atoms with van der Waals surface area (Å²) in [6.07, 6.45) is 2.41. The van der Waals surface area contributed by atoms with Crippen LogP contribution in [0.15, 0.2) is 30.3 Å². The maximum absolute atomic E-state index is 4.71. The van der Waals surface area contributed by atoms with Crippen molar-refractivity contribution in [2.24, 2.45) is 0 Å². The topological polar surface area (TPSA) is 41.0 Å². The van der Waals surface area contributed by atoms with Gasteiger partial charge in [-0.15, -0.1) is 0 Å². The van der Waals surface area contributed by atoms with Gasteiger partial charge in [-0.05, 0) is 45.7 Å². The monoisotopic (exact) mass is 310 g/mol. The van der Waals surface area contributed by atoms with Crippen molar-refractivity contribution in [3.8, 4) is 0 Å². The third-order valence-electron chi connectivity index (χ3n) is 4.43. The van der Waals surface area contributed by atoms with Gasteiger partial charge >= 0.3 is 0 Å². The molecule has 1 aliphatic rings. The highest BCUT2D eigenvalue weighted by Gasteiger charge is 2.27. The molecule has 0 aliphatic carbocycles. The van der Waals surface area contributed by atoms with Crippen molar-refractivity contribution in [2.45, 2.75) is 46.2 Å². The van der Waals surface area contributed by atoms with Gasteiger partial charge in [-0.3, -0.25) is 4.90 Å². The summed E-state index contributed by atoms with van der Waals surface area (Å²) in [6, 6.07) is 11.4. The van der Waals surface area contributed by atoms with Gasteiger partial charge in [0.25, 0.3) is 0 Å². The molecule has 1 aliphatic heterocycles. The van der Waals surface area contributed by atoms with Crippen molar-refractivity contribution in [1.29, 1.82) is 0 Å². The summed E-state index contributed by atoms with van der Waals surface area (Å²) in [5.41, 5.74) is 3.84. The fourth-order valence-corrected chi connectivity index (χ4v) is 3.31. The minimum atomic E-state index is 0.399. The lowest BCUT2D eigenvalue weighted by Gasteiger charge is -2.24. The first kappa shape index (κ1) is 15.9. The van der Waals surface area contributed by atoms with Crippen LogP contribution in [-0.4, -0.2) is 28.0 Å². The number of aryl methyl sites for hydroxylation is 2. The lowest BCUT2D eigenvalue weighted by molar-refractivity contribution is 0.244. The molecule has 1 saturated heterocycles. The zero-order chi connectivity index (χ0) is 16.2. The minimum Gasteiger partial charge on any atom is -0.370 e. The van der Waals surface area contributed by atoms with Crippen molar-refractivity contribution < 1.29 is 0 Å². The van der Waals surface area contributed by atoms with Gasteiger partial charge < -0.3 is 5.32 Å². The fraction of sp³-hybridized carbons (Fsp3) is 0.474. The van der Waals surface area contributed by atoms with Crippen LogP contribution >= 0.6 is 0 Å². The van der Waals surface area contributed by atoms with Crippen LogP contribution in [0.5, 0.6) is 0 Å². The van der Waals surface area contributed by atoms with Gasteiger partial charge in [0, 0.05) is 19.2 Å². The summed E-state index contributed by atoms with van der Waals surface area (Å²) in [4.78, 5) is 11.7. The molecule has 0 radical (unpaired) electrons. The van der Waals surface area contributed by atoms with E-state index in [1.165, 1.54) is 24.0 Å². The summed E-state index contributed by atoms with van der Waals surface area (Å²) in [5.74, 6) is 1.79. The lowest BCUT2D eigenvalue weighted by atomic mass is 10.1. The van der Waals surface area contributed by atoms with Crippen molar-refractivity contribution in [3.63, 3.8) is 0 Å². The Labute approximate surface area is 139 Å². The number of aromatic nitrogens is 2. The van der Waals surface area contributed by atoms with E-state index >= 15 is 0 Å². The van der Waals surface area contributed by atoms with Crippen molar-refractivity contribution in [2.75, 3.05) is 18.4 Å². The molecule has 2 heterocycles. The highest BCUT2D eigenvalue weighted by Crippen LogP contribution is 2.33. The molecule has 122 valence electrons. The Morgan fingerprint density at radius 3 is 2.70 bits per heavy atom. The Balaban J connectivity index is 1.79. The summed E-state index contributed by atoms with van der Waals surface area (Å²) >= 11 is 0. The molecule has 0 amide bonds. The molecule has 0 spiro atoms. The zero-order valence-corrected chi connectivity index (χ0v) is 14.3. The second-order valence-corrected chi connectivity index (χ2v) is 6.37. The Hall–Kier alpha value is -1.94. The third-order valence-corrected chi connectivity index (χ3v) is 4.43. The summed E-state index contributed by atoms with van der Waals surface area (Å²) in [6.45, 7) is 9.21. The van der Waals surface area contributed by atoms with Crippen molar-refractivity contribution in [3.05, 3.63) is 53.0 Å². The molecule has 4 heteroatoms. The SMILES string of the molecule is CCNc1cc([C@H]2CCCN2Cc2ccc(C)cc2)nc(C)n1. The molecule has 3 rings (SSSR count). The minimum absolute atomic E-state index is 0.399. The van der Waals surface area contributed by atoms with E-state index in [-0.39, 0.29) is 0 Å². The average Bonchev–Trinajstić information content (AvgIpc) is 2.97. The summed E-state index contributed by atoms with van der Waals surface area (Å²) in [7, 11) is 0. The Morgan fingerprint density at radius 2 is 1.96 bits per heavy atom. The number of anilines is 1. The van der Waals surface area contributed by atoms with E-state index in [1.807, 2.05) is 6.92 Å². The van der Waals surface area contributed by atoms with E-state index in [0.29, 0.717) is 6.04 Å². The van der Waals surface area contributed by atoms with E-state index in [2.05, 4.69) is 59.4 Å². The maximum atomic E-state index is 4.71. The van der Waals surface area contributed by atoms with E-state index < -0.39 is 0 Å². The number of benzene rings is 1. The highest BCUT2D eigenvalue weighted by molar-refractivity contribution is 5.37. The molecule has 2 aromatic rings. The molecular weight excluding hydrogens is 284 g/mol. The molecule has 23 heavy (non-hydrogen) atoms. The number of hydrogen-bond acceptors (Lipinski definition) is 4. The van der Waals surface area contributed by atoms with Crippen LogP contribution in [0.3, 0.4) is 0 Å². The van der Waals surface area contributed by atoms with Gasteiger partial charge in [-0.25, -0.2) is 9.97 Å². The number of hydrogen-bond donors (Lipinski definition) is 1. The Bertz CT molecular complexity index is 651. The van der Waals surface area contributed by atoms with E-state index in [0.717, 1.165) is 37.0 Å². The number of likely N-dealkylation sites (tertiary alicyclic amines) is 1. The second-order valence-electron chi connectivity index (χ2n) is 6.37. The third kappa shape index (κ3) is 3.88. The Morgan fingerprint density at radius 1 is 1.17 bits per heavy atom. The van der Waals surface area contributed by atoms with Crippen LogP contribution in [0.25, 0.3) is 0 Å². The lowest BCUT2D eigenvalue weighted by Crippen LogP contribution is -2.24. The smallest absolute Gasteiger partial charge is 0.129 e. The van der Waals surface area contributed by atoms with Gasteiger partial charge in [-0.1, -0.05) is 29.8 Å². The number of nitrogens with zero attached hydrogens (tertiary/aromatic N) is 3. The molecular formula is C19H26N4. The largest absolute Gasteiger partial charge is 0.370 e. The Kier molecular flexibility index (Phi) is 4.91. The van der Waals surface area contributed by atoms with Crippen LogP contribution in [-0.2, 0) is 6.54 Å². The average molecular weight is 310 g/mol. The first-order valence-corrected chi connectivity index (χ1v) is 8.54. The first-order chi connectivity index (χ1) is 11.2. The molecule has 1 aromatic heterocycles. The van der Waals surface area contributed by atoms with Crippen LogP contribution in [0, 0.1) is 13.8 Å². The molecule has 0 bridgehead atoms. The molecule has 0 unspecified atom stereocenters. The van der Waals surface area contributed by atoms with Crippen LogP contribution < -0.4 is 5.32 Å². The normalized spacial score (nSPS) is 18.3. The van der Waals surface area contributed by atoms with Gasteiger partial charge in [0.1, 0.15) is 11.6 Å². The van der Waals surface area contributed by atoms with E-state index in [4.69, 9.17) is 4.98 Å². The molecule has 0 saturated carbocycles. The van der Waals surface area contributed by atoms with Crippen LogP contribution in [0.2, 0.25) is 0 Å². The summed E-state index contributed by atoms with van der Waals surface area (Å²) < 4.78 is 0. The quantitative estimate of drug-likeness (QED) is 0.910. The van der Waals surface area contributed by atoms with Gasteiger partial charge in [0.05, 0.1) is 11.7 Å². The van der Waals surface area contributed by atoms with Crippen molar-refractivity contribution in [1.82, 2.24) is 14.9 Å². The predicted octanol–water partition coefficient (Wildman–Crippen LogP) is 3.86. The molecule has 1 atom stereocenters. The van der Waals surface area contributed by atoms with Crippen LogP contribution in [0.1, 0.15) is 48.5 Å². The van der Waals surface area contributed by atoms with Gasteiger partial charge in [-0.2, -0.15) is 0 Å². The predicted molar refractivity (Wildman–Crippen MR) is 94.5 cm³/mol. The summed E-state index contributed by atoms with van der Waals surface area (Å²) in [5, 5.41) is 3.31. The second kappa shape index (κ2) is 7.09. The molecule has 1 N–H and O–H groups in total. The number of rotatable bonds is 5. The fourth-order valence-electron chi connectivity index (χ4n) is 3.31. The van der Waals surface area contributed by atoms with E-state index in [1.54, 1.807) is 0 Å². The highest BCUT2D eigenvalue weighted by atomic mass is 15.2. The van der Waals surface area contributed by atoms with Crippen LogP contribution in [0.4, 0.5) is 5.82 Å². The van der Waals surface area contributed by atoms with Gasteiger partial charge in [0.15, 0.2) is 0 Å². The first-order valence-electron chi connectivity index (χ1n) is 8.54. The van der Waals surface area contributed by atoms with Crippen molar-refractivity contribution >= 4 is 5.82 Å². The number of nitrogens with one attached hydrogen (secondary N) is 1. The molecule has 4 nitrogen and oxygen atoms in total. The van der Waals surface area contributed by atoms with Gasteiger partial charge in [0.2, 0.25) is 0 Å². The maximum Gasteiger partial charge on any atom is 0.129 e. The zero-order valence-electron chi connectivity index (χ0n) is 14.3.